The average Bonchev–Trinajstić information content (AvgIpc) is 3.53. The van der Waals surface area contributed by atoms with Gasteiger partial charge in [-0.05, 0) is 41.9 Å². The van der Waals surface area contributed by atoms with Crippen LogP contribution in [0.1, 0.15) is 39.5 Å². The van der Waals surface area contributed by atoms with Gasteiger partial charge in [0, 0.05) is 17.5 Å². The maximum atomic E-state index is 12.9. The van der Waals surface area contributed by atoms with E-state index >= 15 is 0 Å². The third kappa shape index (κ3) is 4.27. The number of esters is 1. The van der Waals surface area contributed by atoms with Gasteiger partial charge in [-0.25, -0.2) is 14.8 Å². The number of hydrogen-bond acceptors (Lipinski definition) is 8. The van der Waals surface area contributed by atoms with E-state index in [9.17, 15) is 9.59 Å². The van der Waals surface area contributed by atoms with Crippen LogP contribution >= 0.6 is 22.7 Å². The molecule has 0 fully saturated rings. The van der Waals surface area contributed by atoms with Crippen molar-refractivity contribution in [1.82, 2.24) is 9.99 Å². The molecular weight excluding hydrogens is 422 g/mol. The van der Waals surface area contributed by atoms with Crippen molar-refractivity contribution in [3.05, 3.63) is 68.7 Å². The van der Waals surface area contributed by atoms with Crippen LogP contribution in [0, 0.1) is 0 Å². The molecule has 4 heterocycles. The second-order valence-electron chi connectivity index (χ2n) is 6.36. The first-order valence-corrected chi connectivity index (χ1v) is 11.1. The number of thiophene rings is 2. The van der Waals surface area contributed by atoms with Gasteiger partial charge in [0.05, 0.1) is 23.2 Å². The lowest BCUT2D eigenvalue weighted by Crippen LogP contribution is -2.31. The summed E-state index contributed by atoms with van der Waals surface area (Å²) in [6.07, 6.45) is 2.15. The molecule has 1 atom stereocenters. The summed E-state index contributed by atoms with van der Waals surface area (Å²) in [5.41, 5.74) is 1.04. The third-order valence-corrected chi connectivity index (χ3v) is 6.33. The van der Waals surface area contributed by atoms with Crippen LogP contribution < -0.4 is 4.74 Å². The van der Waals surface area contributed by atoms with E-state index in [1.54, 1.807) is 41.7 Å². The molecule has 1 aliphatic rings. The molecule has 9 heteroatoms. The fourth-order valence-electron chi connectivity index (χ4n) is 3.10. The SMILES string of the molecule is CCOc1ncccc1C(=O)OCC(=O)N1N=C(c2cccs2)CC1c1cccs1. The van der Waals surface area contributed by atoms with Gasteiger partial charge in [0.1, 0.15) is 5.56 Å². The van der Waals surface area contributed by atoms with E-state index in [-0.39, 0.29) is 23.4 Å². The Balaban J connectivity index is 1.49. The van der Waals surface area contributed by atoms with Crippen LogP contribution in [0.2, 0.25) is 0 Å². The molecule has 0 saturated heterocycles. The highest BCUT2D eigenvalue weighted by molar-refractivity contribution is 7.12. The summed E-state index contributed by atoms with van der Waals surface area (Å²) in [7, 11) is 0. The van der Waals surface area contributed by atoms with E-state index in [0.717, 1.165) is 15.5 Å². The summed E-state index contributed by atoms with van der Waals surface area (Å²) in [6.45, 7) is 1.75. The van der Waals surface area contributed by atoms with Crippen molar-refractivity contribution in [3.63, 3.8) is 0 Å². The molecule has 0 saturated carbocycles. The minimum Gasteiger partial charge on any atom is -0.477 e. The summed E-state index contributed by atoms with van der Waals surface area (Å²) >= 11 is 3.16. The summed E-state index contributed by atoms with van der Waals surface area (Å²) in [6, 6.07) is 10.8. The van der Waals surface area contributed by atoms with Gasteiger partial charge in [0.15, 0.2) is 6.61 Å². The highest BCUT2D eigenvalue weighted by Crippen LogP contribution is 2.36. The Morgan fingerprint density at radius 3 is 2.73 bits per heavy atom. The van der Waals surface area contributed by atoms with Crippen molar-refractivity contribution < 1.29 is 19.1 Å². The number of hydrazone groups is 1. The van der Waals surface area contributed by atoms with Crippen LogP contribution in [0.3, 0.4) is 0 Å². The highest BCUT2D eigenvalue weighted by atomic mass is 32.1. The number of carbonyl (C=O) groups excluding carboxylic acids is 2. The molecule has 3 aromatic rings. The smallest absolute Gasteiger partial charge is 0.344 e. The van der Waals surface area contributed by atoms with Crippen LogP contribution in [0.25, 0.3) is 0 Å². The molecule has 1 aliphatic heterocycles. The Hall–Kier alpha value is -3.04. The summed E-state index contributed by atoms with van der Waals surface area (Å²) in [4.78, 5) is 31.5. The maximum absolute atomic E-state index is 12.9. The number of rotatable bonds is 7. The number of hydrogen-bond donors (Lipinski definition) is 0. The van der Waals surface area contributed by atoms with Crippen molar-refractivity contribution in [2.75, 3.05) is 13.2 Å². The zero-order valence-corrected chi connectivity index (χ0v) is 17.8. The summed E-state index contributed by atoms with van der Waals surface area (Å²) < 4.78 is 10.6. The van der Waals surface area contributed by atoms with Crippen molar-refractivity contribution in [2.24, 2.45) is 5.10 Å². The predicted molar refractivity (Wildman–Crippen MR) is 115 cm³/mol. The Kier molecular flexibility index (Phi) is 6.20. The van der Waals surface area contributed by atoms with Gasteiger partial charge in [0.2, 0.25) is 5.88 Å². The van der Waals surface area contributed by atoms with Gasteiger partial charge >= 0.3 is 5.97 Å². The van der Waals surface area contributed by atoms with Crippen molar-refractivity contribution in [1.29, 1.82) is 0 Å². The van der Waals surface area contributed by atoms with Gasteiger partial charge in [-0.2, -0.15) is 5.10 Å². The number of aromatic nitrogens is 1. The van der Waals surface area contributed by atoms with E-state index in [4.69, 9.17) is 9.47 Å². The summed E-state index contributed by atoms with van der Waals surface area (Å²) in [5, 5.41) is 9.94. The molecule has 3 aromatic heterocycles. The molecule has 0 radical (unpaired) electrons. The molecule has 1 unspecified atom stereocenters. The summed E-state index contributed by atoms with van der Waals surface area (Å²) in [5.74, 6) is -0.850. The Labute approximate surface area is 181 Å². The van der Waals surface area contributed by atoms with Crippen molar-refractivity contribution in [2.45, 2.75) is 19.4 Å². The quantitative estimate of drug-likeness (QED) is 0.515. The molecule has 0 bridgehead atoms. The standard InChI is InChI=1S/C21H19N3O4S2/c1-2-27-20-14(6-3-9-22-20)21(26)28-13-19(25)24-16(18-8-5-11-30-18)12-15(23-24)17-7-4-10-29-17/h3-11,16H,2,12-13H2,1H3. The van der Waals surface area contributed by atoms with Gasteiger partial charge in [-0.1, -0.05) is 12.1 Å². The molecule has 0 N–H and O–H groups in total. The lowest BCUT2D eigenvalue weighted by atomic mass is 10.1. The van der Waals surface area contributed by atoms with E-state index in [1.165, 1.54) is 11.2 Å². The topological polar surface area (TPSA) is 81.1 Å². The highest BCUT2D eigenvalue weighted by Gasteiger charge is 2.34. The largest absolute Gasteiger partial charge is 0.477 e. The van der Waals surface area contributed by atoms with E-state index < -0.39 is 12.6 Å². The zero-order chi connectivity index (χ0) is 20.9. The number of nitrogens with zero attached hydrogens (tertiary/aromatic N) is 3. The third-order valence-electron chi connectivity index (χ3n) is 4.44. The second-order valence-corrected chi connectivity index (χ2v) is 8.29. The van der Waals surface area contributed by atoms with Gasteiger partial charge in [-0.3, -0.25) is 4.79 Å². The number of pyridine rings is 1. The number of amides is 1. The van der Waals surface area contributed by atoms with E-state index in [2.05, 4.69) is 10.1 Å². The molecule has 1 amide bonds. The lowest BCUT2D eigenvalue weighted by Gasteiger charge is -2.20. The van der Waals surface area contributed by atoms with Gasteiger partial charge < -0.3 is 9.47 Å². The van der Waals surface area contributed by atoms with Crippen LogP contribution in [-0.4, -0.2) is 40.8 Å². The van der Waals surface area contributed by atoms with Crippen molar-refractivity contribution in [3.8, 4) is 5.88 Å². The molecule has 7 nitrogen and oxygen atoms in total. The first-order chi connectivity index (χ1) is 14.7. The Morgan fingerprint density at radius 1 is 1.17 bits per heavy atom. The Bertz CT molecular complexity index is 1050. The molecule has 4 rings (SSSR count). The molecule has 154 valence electrons. The molecule has 30 heavy (non-hydrogen) atoms. The van der Waals surface area contributed by atoms with Crippen LogP contribution in [0.4, 0.5) is 0 Å². The van der Waals surface area contributed by atoms with Gasteiger partial charge in [0.25, 0.3) is 5.91 Å². The maximum Gasteiger partial charge on any atom is 0.344 e. The minimum absolute atomic E-state index is 0.186. The Morgan fingerprint density at radius 2 is 2.00 bits per heavy atom. The van der Waals surface area contributed by atoms with E-state index in [0.29, 0.717) is 13.0 Å². The zero-order valence-electron chi connectivity index (χ0n) is 16.2. The number of carbonyl (C=O) groups is 2. The molecule has 0 aliphatic carbocycles. The molecule has 0 spiro atoms. The fourth-order valence-corrected chi connectivity index (χ4v) is 4.64. The minimum atomic E-state index is -0.658. The fraction of sp³-hybridized carbons (Fsp3) is 0.238. The van der Waals surface area contributed by atoms with Crippen LogP contribution in [-0.2, 0) is 9.53 Å². The predicted octanol–water partition coefficient (Wildman–Crippen LogP) is 4.14. The average molecular weight is 442 g/mol. The number of ether oxygens (including phenoxy) is 2. The molecular formula is C21H19N3O4S2. The first-order valence-electron chi connectivity index (χ1n) is 9.39. The lowest BCUT2D eigenvalue weighted by molar-refractivity contribution is -0.136. The normalized spacial score (nSPS) is 15.7. The van der Waals surface area contributed by atoms with Crippen molar-refractivity contribution >= 4 is 40.3 Å². The van der Waals surface area contributed by atoms with Crippen LogP contribution in [0.15, 0.2) is 58.5 Å². The monoisotopic (exact) mass is 441 g/mol. The molecule has 0 aromatic carbocycles. The first kappa shape index (κ1) is 20.2. The van der Waals surface area contributed by atoms with Gasteiger partial charge in [-0.15, -0.1) is 22.7 Å². The second kappa shape index (κ2) is 9.19. The van der Waals surface area contributed by atoms with E-state index in [1.807, 2.05) is 35.0 Å². The van der Waals surface area contributed by atoms with Crippen LogP contribution in [0.5, 0.6) is 5.88 Å².